The minimum absolute atomic E-state index is 0.00234. The Labute approximate surface area is 156 Å². The Balaban J connectivity index is 2.01. The number of esters is 2. The molecule has 2 rings (SSSR count). The highest BCUT2D eigenvalue weighted by Crippen LogP contribution is 2.10. The van der Waals surface area contributed by atoms with Crippen LogP contribution in [0.2, 0.25) is 0 Å². The molecule has 1 N–H and O–H groups in total. The highest BCUT2D eigenvalue weighted by molar-refractivity contribution is 5.93. The lowest BCUT2D eigenvalue weighted by molar-refractivity contribution is -0.147. The second-order valence-electron chi connectivity index (χ2n) is 5.63. The normalized spacial score (nSPS) is 11.3. The molecule has 0 spiro atoms. The smallest absolute Gasteiger partial charge is 0.358 e. The molecule has 142 valence electrons. The molecule has 0 bridgehead atoms. The number of methoxy groups -OCH3 is 1. The van der Waals surface area contributed by atoms with Gasteiger partial charge in [0.05, 0.1) is 32.0 Å². The van der Waals surface area contributed by atoms with Crippen molar-refractivity contribution < 1.29 is 23.9 Å². The Morgan fingerprint density at radius 3 is 2.33 bits per heavy atom. The number of amides is 1. The fourth-order valence-electron chi connectivity index (χ4n) is 2.36. The minimum Gasteiger partial charge on any atom is -0.466 e. The molecule has 0 aliphatic rings. The Hall–Kier alpha value is -3.29. The summed E-state index contributed by atoms with van der Waals surface area (Å²) >= 11 is 0. The predicted molar refractivity (Wildman–Crippen MR) is 96.0 cm³/mol. The van der Waals surface area contributed by atoms with Gasteiger partial charge in [-0.2, -0.15) is 0 Å². The van der Waals surface area contributed by atoms with Crippen molar-refractivity contribution in [2.24, 2.45) is 5.92 Å². The summed E-state index contributed by atoms with van der Waals surface area (Å²) in [7, 11) is 1.23. The Kier molecular flexibility index (Phi) is 7.42. The minimum atomic E-state index is -0.639. The topological polar surface area (TPSA) is 107 Å². The molecule has 0 radical (unpaired) electrons. The third-order valence-electron chi connectivity index (χ3n) is 3.73. The number of nitrogens with zero attached hydrogens (tertiary/aromatic N) is 2. The molecular weight excluding hydrogens is 350 g/mol. The first-order valence-corrected chi connectivity index (χ1v) is 8.44. The van der Waals surface area contributed by atoms with Gasteiger partial charge in [-0.15, -0.1) is 0 Å². The summed E-state index contributed by atoms with van der Waals surface area (Å²) in [5, 5.41) is 2.66. The van der Waals surface area contributed by atoms with Crippen molar-refractivity contribution in [1.29, 1.82) is 0 Å². The van der Waals surface area contributed by atoms with Crippen molar-refractivity contribution in [2.75, 3.05) is 20.3 Å². The summed E-state index contributed by atoms with van der Waals surface area (Å²) in [4.78, 5) is 43.5. The van der Waals surface area contributed by atoms with Crippen LogP contribution in [0.15, 0.2) is 42.7 Å². The van der Waals surface area contributed by atoms with Gasteiger partial charge in [-0.1, -0.05) is 30.3 Å². The Morgan fingerprint density at radius 1 is 1.07 bits per heavy atom. The van der Waals surface area contributed by atoms with Crippen LogP contribution in [0.25, 0.3) is 0 Å². The van der Waals surface area contributed by atoms with Gasteiger partial charge in [0.15, 0.2) is 5.69 Å². The first-order valence-electron chi connectivity index (χ1n) is 8.44. The van der Waals surface area contributed by atoms with E-state index in [9.17, 15) is 14.4 Å². The van der Waals surface area contributed by atoms with Crippen LogP contribution in [0.5, 0.6) is 0 Å². The SMILES string of the molecule is CCOC(=O)C(CNC(=O)c1cnc(C(=O)OC)cn1)Cc1ccccc1. The van der Waals surface area contributed by atoms with Crippen molar-refractivity contribution in [3.63, 3.8) is 0 Å². The molecule has 1 atom stereocenters. The number of aromatic nitrogens is 2. The molecule has 1 heterocycles. The van der Waals surface area contributed by atoms with E-state index in [4.69, 9.17) is 4.74 Å². The first-order chi connectivity index (χ1) is 13.0. The fourth-order valence-corrected chi connectivity index (χ4v) is 2.36. The molecule has 8 nitrogen and oxygen atoms in total. The van der Waals surface area contributed by atoms with Crippen LogP contribution in [-0.4, -0.2) is 48.1 Å². The van der Waals surface area contributed by atoms with Gasteiger partial charge < -0.3 is 14.8 Å². The number of carbonyl (C=O) groups is 3. The summed E-state index contributed by atoms with van der Waals surface area (Å²) in [6.45, 7) is 2.08. The first kappa shape index (κ1) is 20.0. The molecule has 1 unspecified atom stereocenters. The van der Waals surface area contributed by atoms with Gasteiger partial charge in [0.2, 0.25) is 0 Å². The second-order valence-corrected chi connectivity index (χ2v) is 5.63. The van der Waals surface area contributed by atoms with Gasteiger partial charge >= 0.3 is 11.9 Å². The van der Waals surface area contributed by atoms with E-state index in [2.05, 4.69) is 20.0 Å². The largest absolute Gasteiger partial charge is 0.466 e. The zero-order valence-electron chi connectivity index (χ0n) is 15.2. The summed E-state index contributed by atoms with van der Waals surface area (Å²) in [6.07, 6.45) is 2.78. The van der Waals surface area contributed by atoms with Crippen LogP contribution >= 0.6 is 0 Å². The number of carbonyl (C=O) groups excluding carboxylic acids is 3. The number of hydrogen-bond donors (Lipinski definition) is 1. The van der Waals surface area contributed by atoms with E-state index < -0.39 is 17.8 Å². The zero-order valence-corrected chi connectivity index (χ0v) is 15.2. The molecule has 0 saturated carbocycles. The molecule has 0 saturated heterocycles. The third kappa shape index (κ3) is 5.88. The lowest BCUT2D eigenvalue weighted by Gasteiger charge is -2.16. The number of hydrogen-bond acceptors (Lipinski definition) is 7. The lowest BCUT2D eigenvalue weighted by atomic mass is 9.99. The van der Waals surface area contributed by atoms with Gasteiger partial charge in [-0.25, -0.2) is 14.8 Å². The van der Waals surface area contributed by atoms with E-state index >= 15 is 0 Å². The van der Waals surface area contributed by atoms with Gasteiger partial charge in [-0.05, 0) is 18.9 Å². The summed E-state index contributed by atoms with van der Waals surface area (Å²) < 4.78 is 9.63. The average molecular weight is 371 g/mol. The van der Waals surface area contributed by atoms with E-state index in [1.807, 2.05) is 30.3 Å². The van der Waals surface area contributed by atoms with Gasteiger partial charge in [0.25, 0.3) is 5.91 Å². The van der Waals surface area contributed by atoms with Gasteiger partial charge in [0.1, 0.15) is 5.69 Å². The van der Waals surface area contributed by atoms with Crippen LogP contribution in [-0.2, 0) is 20.7 Å². The monoisotopic (exact) mass is 371 g/mol. The number of benzene rings is 1. The Morgan fingerprint density at radius 2 is 1.74 bits per heavy atom. The van der Waals surface area contributed by atoms with Crippen LogP contribution in [0.4, 0.5) is 0 Å². The molecule has 1 aromatic carbocycles. The van der Waals surface area contributed by atoms with Gasteiger partial charge in [0, 0.05) is 6.54 Å². The van der Waals surface area contributed by atoms with Crippen molar-refractivity contribution >= 4 is 17.8 Å². The second kappa shape index (κ2) is 10.0. The van der Waals surface area contributed by atoms with Crippen LogP contribution in [0, 0.1) is 5.92 Å². The van der Waals surface area contributed by atoms with Gasteiger partial charge in [-0.3, -0.25) is 9.59 Å². The average Bonchev–Trinajstić information content (AvgIpc) is 2.71. The standard InChI is InChI=1S/C19H21N3O5/c1-3-27-18(24)14(9-13-7-5-4-6-8-13)10-22-17(23)15-11-21-16(12-20-15)19(25)26-2/h4-8,11-12,14H,3,9-10H2,1-2H3,(H,22,23). The summed E-state index contributed by atoms with van der Waals surface area (Å²) in [5.74, 6) is -2.05. The number of nitrogens with one attached hydrogen (secondary N) is 1. The third-order valence-corrected chi connectivity index (χ3v) is 3.73. The molecule has 2 aromatic rings. The van der Waals surface area contributed by atoms with Crippen molar-refractivity contribution in [3.8, 4) is 0 Å². The van der Waals surface area contributed by atoms with E-state index in [-0.39, 0.29) is 30.5 Å². The van der Waals surface area contributed by atoms with Crippen LogP contribution < -0.4 is 5.32 Å². The molecule has 8 heteroatoms. The number of ether oxygens (including phenoxy) is 2. The highest BCUT2D eigenvalue weighted by atomic mass is 16.5. The molecule has 1 aromatic heterocycles. The molecular formula is C19H21N3O5. The molecule has 0 aliphatic carbocycles. The van der Waals surface area contributed by atoms with E-state index in [0.717, 1.165) is 11.8 Å². The van der Waals surface area contributed by atoms with Crippen LogP contribution in [0.1, 0.15) is 33.5 Å². The predicted octanol–water partition coefficient (Wildman–Crippen LogP) is 1.41. The van der Waals surface area contributed by atoms with Crippen molar-refractivity contribution in [1.82, 2.24) is 15.3 Å². The van der Waals surface area contributed by atoms with E-state index in [1.54, 1.807) is 6.92 Å². The molecule has 0 aliphatic heterocycles. The van der Waals surface area contributed by atoms with E-state index in [0.29, 0.717) is 6.42 Å². The van der Waals surface area contributed by atoms with Crippen LogP contribution in [0.3, 0.4) is 0 Å². The maximum Gasteiger partial charge on any atom is 0.358 e. The fraction of sp³-hybridized carbons (Fsp3) is 0.316. The lowest BCUT2D eigenvalue weighted by Crippen LogP contribution is -2.35. The zero-order chi connectivity index (χ0) is 19.6. The molecule has 27 heavy (non-hydrogen) atoms. The van der Waals surface area contributed by atoms with Crippen molar-refractivity contribution in [3.05, 3.63) is 59.7 Å². The quantitative estimate of drug-likeness (QED) is 0.699. The number of rotatable bonds is 8. The molecule has 1 amide bonds. The maximum atomic E-state index is 12.3. The highest BCUT2D eigenvalue weighted by Gasteiger charge is 2.22. The van der Waals surface area contributed by atoms with Crippen molar-refractivity contribution in [2.45, 2.75) is 13.3 Å². The maximum absolute atomic E-state index is 12.3. The summed E-state index contributed by atoms with van der Waals surface area (Å²) in [6, 6.07) is 9.47. The Bertz CT molecular complexity index is 778. The van der Waals surface area contributed by atoms with E-state index in [1.165, 1.54) is 13.3 Å². The summed E-state index contributed by atoms with van der Waals surface area (Å²) in [5.41, 5.74) is 1.000. The molecule has 0 fully saturated rings.